The summed E-state index contributed by atoms with van der Waals surface area (Å²) in [5.41, 5.74) is 1.45. The van der Waals surface area contributed by atoms with Crippen molar-refractivity contribution in [2.24, 2.45) is 0 Å². The first kappa shape index (κ1) is 18.3. The molecule has 3 aromatic rings. The third-order valence-corrected chi connectivity index (χ3v) is 3.80. The number of amides is 1. The summed E-state index contributed by atoms with van der Waals surface area (Å²) >= 11 is 0. The van der Waals surface area contributed by atoms with Crippen LogP contribution in [0.5, 0.6) is 11.5 Å². The van der Waals surface area contributed by atoms with Crippen molar-refractivity contribution < 1.29 is 14.3 Å². The van der Waals surface area contributed by atoms with Gasteiger partial charge in [-0.15, -0.1) is 0 Å². The summed E-state index contributed by atoms with van der Waals surface area (Å²) in [5.74, 6) is 1.90. The summed E-state index contributed by atoms with van der Waals surface area (Å²) in [7, 11) is 1.63. The Hall–Kier alpha value is -3.54. The molecule has 2 aromatic carbocycles. The summed E-state index contributed by atoms with van der Waals surface area (Å²) in [4.78, 5) is 16.3. The topological polar surface area (TPSA) is 72.5 Å². The number of hydrogen-bond donors (Lipinski definition) is 2. The van der Waals surface area contributed by atoms with Crippen LogP contribution in [0.2, 0.25) is 0 Å². The molecule has 0 aliphatic rings. The van der Waals surface area contributed by atoms with E-state index in [0.717, 1.165) is 17.2 Å². The van der Waals surface area contributed by atoms with Gasteiger partial charge < -0.3 is 20.1 Å². The van der Waals surface area contributed by atoms with Gasteiger partial charge in [0.2, 0.25) is 0 Å². The number of hydrogen-bond acceptors (Lipinski definition) is 5. The van der Waals surface area contributed by atoms with Crippen LogP contribution in [0.3, 0.4) is 0 Å². The van der Waals surface area contributed by atoms with Gasteiger partial charge in [-0.2, -0.15) is 0 Å². The van der Waals surface area contributed by atoms with Crippen LogP contribution < -0.4 is 20.1 Å². The number of ether oxygens (including phenoxy) is 2. The third-order valence-electron chi connectivity index (χ3n) is 3.80. The number of benzene rings is 2. The lowest BCUT2D eigenvalue weighted by atomic mass is 10.2. The molecule has 0 bridgehead atoms. The number of nitrogens with one attached hydrogen (secondary N) is 2. The van der Waals surface area contributed by atoms with Crippen LogP contribution >= 0.6 is 0 Å². The smallest absolute Gasteiger partial charge is 0.256 e. The first-order valence-corrected chi connectivity index (χ1v) is 8.58. The number of nitrogens with zero attached hydrogens (tertiary/aromatic N) is 1. The van der Waals surface area contributed by atoms with Gasteiger partial charge in [-0.25, -0.2) is 4.98 Å². The number of aromatic nitrogens is 1. The van der Waals surface area contributed by atoms with Crippen LogP contribution in [0.1, 0.15) is 10.4 Å². The molecule has 27 heavy (non-hydrogen) atoms. The van der Waals surface area contributed by atoms with Crippen molar-refractivity contribution >= 4 is 17.4 Å². The minimum absolute atomic E-state index is 0.184. The van der Waals surface area contributed by atoms with Gasteiger partial charge in [0.25, 0.3) is 5.91 Å². The molecule has 2 N–H and O–H groups in total. The predicted molar refractivity (Wildman–Crippen MR) is 106 cm³/mol. The molecule has 6 heteroatoms. The van der Waals surface area contributed by atoms with Crippen LogP contribution in [-0.4, -0.2) is 31.2 Å². The molecule has 1 heterocycles. The molecule has 6 nitrogen and oxygen atoms in total. The average molecular weight is 363 g/mol. The summed E-state index contributed by atoms with van der Waals surface area (Å²) in [5, 5.41) is 6.00. The summed E-state index contributed by atoms with van der Waals surface area (Å²) < 4.78 is 10.8. The molecule has 0 aliphatic heterocycles. The summed E-state index contributed by atoms with van der Waals surface area (Å²) in [6.45, 7) is 1.14. The highest BCUT2D eigenvalue weighted by atomic mass is 16.5. The molecule has 0 atom stereocenters. The Balaban J connectivity index is 1.43. The number of carbonyl (C=O) groups is 1. The molecular formula is C21H21N3O3. The largest absolute Gasteiger partial charge is 0.497 e. The second kappa shape index (κ2) is 9.24. The van der Waals surface area contributed by atoms with Gasteiger partial charge in [0, 0.05) is 12.1 Å². The van der Waals surface area contributed by atoms with Gasteiger partial charge in [-0.05, 0) is 48.5 Å². The van der Waals surface area contributed by atoms with Gasteiger partial charge in [0.05, 0.1) is 19.0 Å². The molecular weight excluding hydrogens is 342 g/mol. The lowest BCUT2D eigenvalue weighted by molar-refractivity contribution is 0.102. The van der Waals surface area contributed by atoms with E-state index in [1.165, 1.54) is 0 Å². The molecule has 0 saturated heterocycles. The Morgan fingerprint density at radius 2 is 1.70 bits per heavy atom. The van der Waals surface area contributed by atoms with E-state index in [0.29, 0.717) is 24.5 Å². The minimum Gasteiger partial charge on any atom is -0.497 e. The van der Waals surface area contributed by atoms with Crippen molar-refractivity contribution in [3.05, 3.63) is 78.5 Å². The zero-order chi connectivity index (χ0) is 18.9. The average Bonchev–Trinajstić information content (AvgIpc) is 2.73. The molecule has 0 aliphatic carbocycles. The molecule has 3 rings (SSSR count). The molecule has 0 unspecified atom stereocenters. The van der Waals surface area contributed by atoms with E-state index >= 15 is 0 Å². The summed E-state index contributed by atoms with van der Waals surface area (Å²) in [6.07, 6.45) is 1.67. The van der Waals surface area contributed by atoms with E-state index < -0.39 is 0 Å². The number of anilines is 2. The molecule has 0 spiro atoms. The first-order valence-electron chi connectivity index (χ1n) is 8.58. The van der Waals surface area contributed by atoms with Crippen LogP contribution in [0, 0.1) is 0 Å². The van der Waals surface area contributed by atoms with Crippen LogP contribution in [0.25, 0.3) is 0 Å². The normalized spacial score (nSPS) is 10.1. The van der Waals surface area contributed by atoms with Crippen molar-refractivity contribution in [2.45, 2.75) is 0 Å². The van der Waals surface area contributed by atoms with E-state index in [9.17, 15) is 4.79 Å². The van der Waals surface area contributed by atoms with Crippen LogP contribution in [0.15, 0.2) is 72.9 Å². The SMILES string of the molecule is COc1ccc(OCCNc2ccc(NC(=O)c3ccccc3)nc2)cc1. The zero-order valence-electron chi connectivity index (χ0n) is 15.0. The highest BCUT2D eigenvalue weighted by Gasteiger charge is 2.05. The molecule has 0 saturated carbocycles. The van der Waals surface area contributed by atoms with Gasteiger partial charge in [0.15, 0.2) is 0 Å². The maximum absolute atomic E-state index is 12.1. The number of carbonyl (C=O) groups excluding carboxylic acids is 1. The monoisotopic (exact) mass is 363 g/mol. The first-order chi connectivity index (χ1) is 13.2. The minimum atomic E-state index is -0.184. The van der Waals surface area contributed by atoms with Crippen molar-refractivity contribution in [1.29, 1.82) is 0 Å². The quantitative estimate of drug-likeness (QED) is 0.595. The molecule has 1 aromatic heterocycles. The number of methoxy groups -OCH3 is 1. The lowest BCUT2D eigenvalue weighted by Crippen LogP contribution is -2.13. The fraction of sp³-hybridized carbons (Fsp3) is 0.143. The Morgan fingerprint density at radius 1 is 0.963 bits per heavy atom. The van der Waals surface area contributed by atoms with E-state index in [1.54, 1.807) is 31.5 Å². The summed E-state index contributed by atoms with van der Waals surface area (Å²) in [6, 6.07) is 20.1. The van der Waals surface area contributed by atoms with Crippen molar-refractivity contribution in [2.75, 3.05) is 30.9 Å². The molecule has 138 valence electrons. The molecule has 0 fully saturated rings. The number of pyridine rings is 1. The predicted octanol–water partition coefficient (Wildman–Crippen LogP) is 3.83. The number of rotatable bonds is 8. The fourth-order valence-electron chi connectivity index (χ4n) is 2.39. The second-order valence-electron chi connectivity index (χ2n) is 5.70. The van der Waals surface area contributed by atoms with Crippen LogP contribution in [-0.2, 0) is 0 Å². The maximum Gasteiger partial charge on any atom is 0.256 e. The Labute approximate surface area is 158 Å². The van der Waals surface area contributed by atoms with E-state index in [1.807, 2.05) is 48.5 Å². The highest BCUT2D eigenvalue weighted by molar-refractivity contribution is 6.03. The standard InChI is InChI=1S/C21H21N3O3/c1-26-18-8-10-19(11-9-18)27-14-13-22-17-7-12-20(23-15-17)24-21(25)16-5-3-2-4-6-16/h2-12,15,22H,13-14H2,1H3,(H,23,24,25). The van der Waals surface area contributed by atoms with Gasteiger partial charge >= 0.3 is 0 Å². The molecule has 0 radical (unpaired) electrons. The van der Waals surface area contributed by atoms with Gasteiger partial charge in [-0.3, -0.25) is 4.79 Å². The van der Waals surface area contributed by atoms with E-state index in [4.69, 9.17) is 9.47 Å². The Morgan fingerprint density at radius 3 is 2.37 bits per heavy atom. The van der Waals surface area contributed by atoms with Crippen molar-refractivity contribution in [3.8, 4) is 11.5 Å². The Bertz CT molecular complexity index is 850. The fourth-order valence-corrected chi connectivity index (χ4v) is 2.39. The highest BCUT2D eigenvalue weighted by Crippen LogP contribution is 2.17. The van der Waals surface area contributed by atoms with Crippen LogP contribution in [0.4, 0.5) is 11.5 Å². The van der Waals surface area contributed by atoms with E-state index in [-0.39, 0.29) is 5.91 Å². The zero-order valence-corrected chi connectivity index (χ0v) is 15.0. The van der Waals surface area contributed by atoms with Gasteiger partial charge in [0.1, 0.15) is 23.9 Å². The van der Waals surface area contributed by atoms with Crippen molar-refractivity contribution in [1.82, 2.24) is 4.98 Å². The van der Waals surface area contributed by atoms with Crippen molar-refractivity contribution in [3.63, 3.8) is 0 Å². The van der Waals surface area contributed by atoms with E-state index in [2.05, 4.69) is 15.6 Å². The third kappa shape index (κ3) is 5.47. The van der Waals surface area contributed by atoms with Gasteiger partial charge in [-0.1, -0.05) is 18.2 Å². The maximum atomic E-state index is 12.1. The molecule has 1 amide bonds. The lowest BCUT2D eigenvalue weighted by Gasteiger charge is -2.10. The Kier molecular flexibility index (Phi) is 6.25. The second-order valence-corrected chi connectivity index (χ2v) is 5.70.